The minimum Gasteiger partial charge on any atom is -0.321 e. The fraction of sp³-hybridized carbons (Fsp3) is 0.176. The highest BCUT2D eigenvalue weighted by Crippen LogP contribution is 2.31. The first-order chi connectivity index (χ1) is 11.5. The summed E-state index contributed by atoms with van der Waals surface area (Å²) in [6.07, 6.45) is -0.0485. The summed E-state index contributed by atoms with van der Waals surface area (Å²) in [4.78, 5) is 25.8. The van der Waals surface area contributed by atoms with Gasteiger partial charge in [0.05, 0.1) is 16.6 Å². The Bertz CT molecular complexity index is 793. The van der Waals surface area contributed by atoms with E-state index < -0.39 is 29.1 Å². The first-order valence-corrected chi connectivity index (χ1v) is 7.65. The van der Waals surface area contributed by atoms with Gasteiger partial charge in [0.15, 0.2) is 0 Å². The molecule has 124 valence electrons. The number of para-hydroxylation sites is 2. The fourth-order valence-corrected chi connectivity index (χ4v) is 2.87. The molecule has 24 heavy (non-hydrogen) atoms. The van der Waals surface area contributed by atoms with E-state index in [2.05, 4.69) is 5.32 Å². The Morgan fingerprint density at radius 3 is 2.46 bits per heavy atom. The first-order valence-electron chi connectivity index (χ1n) is 7.27. The summed E-state index contributed by atoms with van der Waals surface area (Å²) in [5.74, 6) is -3.32. The van der Waals surface area contributed by atoms with Crippen LogP contribution in [0.4, 0.5) is 20.2 Å². The zero-order valence-electron chi connectivity index (χ0n) is 12.4. The van der Waals surface area contributed by atoms with E-state index in [9.17, 15) is 18.4 Å². The van der Waals surface area contributed by atoms with Gasteiger partial charge in [-0.1, -0.05) is 29.8 Å². The SMILES string of the molecule is O=C(Nc1c(F)cccc1F)[C@H]1CC(=O)N(c2ccccc2Cl)C1. The zero-order valence-corrected chi connectivity index (χ0v) is 13.2. The van der Waals surface area contributed by atoms with Crippen LogP contribution in [-0.4, -0.2) is 18.4 Å². The molecule has 2 aromatic carbocycles. The second-order valence-corrected chi connectivity index (χ2v) is 5.85. The molecular formula is C17H13ClF2N2O2. The molecule has 0 aliphatic carbocycles. The highest BCUT2D eigenvalue weighted by atomic mass is 35.5. The van der Waals surface area contributed by atoms with E-state index in [0.717, 1.165) is 12.1 Å². The number of benzene rings is 2. The molecule has 2 amide bonds. The number of rotatable bonds is 3. The molecule has 3 rings (SSSR count). The van der Waals surface area contributed by atoms with Gasteiger partial charge in [-0.3, -0.25) is 9.59 Å². The highest BCUT2D eigenvalue weighted by Gasteiger charge is 2.36. The van der Waals surface area contributed by atoms with Gasteiger partial charge in [0, 0.05) is 13.0 Å². The predicted octanol–water partition coefficient (Wildman–Crippen LogP) is 3.61. The van der Waals surface area contributed by atoms with Crippen molar-refractivity contribution in [1.82, 2.24) is 0 Å². The summed E-state index contributed by atoms with van der Waals surface area (Å²) >= 11 is 6.07. The number of carbonyl (C=O) groups excluding carboxylic acids is 2. The van der Waals surface area contributed by atoms with Crippen LogP contribution < -0.4 is 10.2 Å². The third-order valence-corrected chi connectivity index (χ3v) is 4.17. The third kappa shape index (κ3) is 3.10. The minimum absolute atomic E-state index is 0.0485. The number of halogens is 3. The van der Waals surface area contributed by atoms with Crippen LogP contribution in [-0.2, 0) is 9.59 Å². The molecule has 0 radical (unpaired) electrons. The van der Waals surface area contributed by atoms with Crippen LogP contribution in [0.1, 0.15) is 6.42 Å². The van der Waals surface area contributed by atoms with Crippen molar-refractivity contribution < 1.29 is 18.4 Å². The summed E-state index contributed by atoms with van der Waals surface area (Å²) in [6.45, 7) is 0.102. The van der Waals surface area contributed by atoms with Crippen molar-refractivity contribution in [3.63, 3.8) is 0 Å². The third-order valence-electron chi connectivity index (χ3n) is 3.85. The first kappa shape index (κ1) is 16.4. The van der Waals surface area contributed by atoms with Crippen molar-refractivity contribution in [2.75, 3.05) is 16.8 Å². The Kier molecular flexibility index (Phi) is 4.49. The molecular weight excluding hydrogens is 338 g/mol. The molecule has 0 unspecified atom stereocenters. The average molecular weight is 351 g/mol. The number of nitrogens with zero attached hydrogens (tertiary/aromatic N) is 1. The Balaban J connectivity index is 1.76. The van der Waals surface area contributed by atoms with E-state index in [1.165, 1.54) is 11.0 Å². The summed E-state index contributed by atoms with van der Waals surface area (Å²) in [6, 6.07) is 10.1. The van der Waals surface area contributed by atoms with E-state index in [-0.39, 0.29) is 18.9 Å². The molecule has 0 aromatic heterocycles. The Labute approximate surface area is 142 Å². The summed E-state index contributed by atoms with van der Waals surface area (Å²) < 4.78 is 27.2. The van der Waals surface area contributed by atoms with E-state index in [1.54, 1.807) is 24.3 Å². The molecule has 1 heterocycles. The van der Waals surface area contributed by atoms with Crippen molar-refractivity contribution >= 4 is 34.8 Å². The van der Waals surface area contributed by atoms with Gasteiger partial charge in [-0.2, -0.15) is 0 Å². The van der Waals surface area contributed by atoms with Crippen LogP contribution in [0.25, 0.3) is 0 Å². The monoisotopic (exact) mass is 350 g/mol. The summed E-state index contributed by atoms with van der Waals surface area (Å²) in [7, 11) is 0. The van der Waals surface area contributed by atoms with Gasteiger partial charge in [-0.15, -0.1) is 0 Å². The van der Waals surface area contributed by atoms with Gasteiger partial charge in [-0.25, -0.2) is 8.78 Å². The van der Waals surface area contributed by atoms with Gasteiger partial charge in [-0.05, 0) is 24.3 Å². The van der Waals surface area contributed by atoms with Crippen LogP contribution in [0.3, 0.4) is 0 Å². The molecule has 0 bridgehead atoms. The van der Waals surface area contributed by atoms with Crippen molar-refractivity contribution in [2.24, 2.45) is 5.92 Å². The van der Waals surface area contributed by atoms with Gasteiger partial charge < -0.3 is 10.2 Å². The van der Waals surface area contributed by atoms with Gasteiger partial charge in [0.25, 0.3) is 0 Å². The second-order valence-electron chi connectivity index (χ2n) is 5.44. The molecule has 1 fully saturated rings. The van der Waals surface area contributed by atoms with Crippen LogP contribution in [0.15, 0.2) is 42.5 Å². The molecule has 0 spiro atoms. The number of carbonyl (C=O) groups is 2. The summed E-state index contributed by atoms with van der Waals surface area (Å²) in [5.41, 5.74) is 0.00248. The molecule has 1 N–H and O–H groups in total. The zero-order chi connectivity index (χ0) is 17.3. The second kappa shape index (κ2) is 6.57. The maximum atomic E-state index is 13.6. The molecule has 1 saturated heterocycles. The van der Waals surface area contributed by atoms with Gasteiger partial charge in [0.1, 0.15) is 17.3 Å². The van der Waals surface area contributed by atoms with Gasteiger partial charge in [0.2, 0.25) is 11.8 Å². The van der Waals surface area contributed by atoms with E-state index in [1.807, 2.05) is 0 Å². The maximum Gasteiger partial charge on any atom is 0.229 e. The molecule has 1 aliphatic rings. The van der Waals surface area contributed by atoms with Gasteiger partial charge >= 0.3 is 0 Å². The van der Waals surface area contributed by atoms with Crippen LogP contribution in [0.2, 0.25) is 5.02 Å². The molecule has 4 nitrogen and oxygen atoms in total. The number of nitrogens with one attached hydrogen (secondary N) is 1. The van der Waals surface area contributed by atoms with Crippen molar-refractivity contribution in [3.05, 3.63) is 59.1 Å². The quantitative estimate of drug-likeness (QED) is 0.919. The van der Waals surface area contributed by atoms with E-state index >= 15 is 0 Å². The molecule has 1 atom stereocenters. The van der Waals surface area contributed by atoms with Crippen LogP contribution in [0.5, 0.6) is 0 Å². The molecule has 2 aromatic rings. The standard InChI is InChI=1S/C17H13ClF2N2O2/c18-11-4-1-2-7-14(11)22-9-10(8-15(22)23)17(24)21-16-12(19)5-3-6-13(16)20/h1-7,10H,8-9H2,(H,21,24)/t10-/m0/s1. The fourth-order valence-electron chi connectivity index (χ4n) is 2.63. The van der Waals surface area contributed by atoms with Crippen LogP contribution in [0, 0.1) is 17.6 Å². The summed E-state index contributed by atoms with van der Waals surface area (Å²) in [5, 5.41) is 2.62. The van der Waals surface area contributed by atoms with E-state index in [4.69, 9.17) is 11.6 Å². The lowest BCUT2D eigenvalue weighted by Gasteiger charge is -2.18. The van der Waals surface area contributed by atoms with Crippen molar-refractivity contribution in [2.45, 2.75) is 6.42 Å². The lowest BCUT2D eigenvalue weighted by molar-refractivity contribution is -0.122. The predicted molar refractivity (Wildman–Crippen MR) is 86.9 cm³/mol. The van der Waals surface area contributed by atoms with Crippen molar-refractivity contribution in [3.8, 4) is 0 Å². The normalized spacial score (nSPS) is 17.2. The number of amides is 2. The molecule has 1 aliphatic heterocycles. The topological polar surface area (TPSA) is 49.4 Å². The minimum atomic E-state index is -0.865. The van der Waals surface area contributed by atoms with E-state index in [0.29, 0.717) is 10.7 Å². The molecule has 7 heteroatoms. The Morgan fingerprint density at radius 1 is 1.12 bits per heavy atom. The lowest BCUT2D eigenvalue weighted by atomic mass is 10.1. The van der Waals surface area contributed by atoms with Crippen LogP contribution >= 0.6 is 11.6 Å². The average Bonchev–Trinajstić information content (AvgIpc) is 2.93. The lowest BCUT2D eigenvalue weighted by Crippen LogP contribution is -2.28. The number of hydrogen-bond donors (Lipinski definition) is 1. The Hall–Kier alpha value is -2.47. The number of anilines is 2. The van der Waals surface area contributed by atoms with Crippen molar-refractivity contribution in [1.29, 1.82) is 0 Å². The highest BCUT2D eigenvalue weighted by molar-refractivity contribution is 6.33. The Morgan fingerprint density at radius 2 is 1.79 bits per heavy atom. The number of hydrogen-bond acceptors (Lipinski definition) is 2. The smallest absolute Gasteiger partial charge is 0.229 e. The maximum absolute atomic E-state index is 13.6. The largest absolute Gasteiger partial charge is 0.321 e. The molecule has 0 saturated carbocycles.